The van der Waals surface area contributed by atoms with E-state index in [4.69, 9.17) is 16.3 Å². The van der Waals surface area contributed by atoms with Gasteiger partial charge in [-0.15, -0.1) is 12.4 Å². The number of piperidine rings is 1. The summed E-state index contributed by atoms with van der Waals surface area (Å²) in [5.74, 6) is 0.881. The van der Waals surface area contributed by atoms with Gasteiger partial charge in [-0.25, -0.2) is 0 Å². The molecular weight excluding hydrogens is 313 g/mol. The third-order valence-electron chi connectivity index (χ3n) is 2.47. The Bertz CT molecular complexity index is 343. The molecule has 0 aliphatic carbocycles. The number of hydrogen-bond acceptors (Lipinski definition) is 2. The van der Waals surface area contributed by atoms with Crippen LogP contribution in [0.3, 0.4) is 0 Å². The van der Waals surface area contributed by atoms with Gasteiger partial charge in [0.15, 0.2) is 0 Å². The van der Waals surface area contributed by atoms with Crippen LogP contribution < -0.4 is 10.1 Å². The number of rotatable bonds is 2. The summed E-state index contributed by atoms with van der Waals surface area (Å²) in [4.78, 5) is 0. The summed E-state index contributed by atoms with van der Waals surface area (Å²) in [5.41, 5.74) is 0. The van der Waals surface area contributed by atoms with Gasteiger partial charge in [0.2, 0.25) is 0 Å². The van der Waals surface area contributed by atoms with E-state index in [-0.39, 0.29) is 12.4 Å². The van der Waals surface area contributed by atoms with Crippen molar-refractivity contribution in [3.8, 4) is 5.75 Å². The molecule has 0 aromatic heterocycles. The van der Waals surface area contributed by atoms with Crippen molar-refractivity contribution < 1.29 is 4.74 Å². The average molecular weight is 327 g/mol. The molecule has 1 aliphatic rings. The molecule has 2 nitrogen and oxygen atoms in total. The Balaban J connectivity index is 0.00000128. The molecular formula is C11H14BrCl2NO. The first-order valence-corrected chi connectivity index (χ1v) is 6.25. The van der Waals surface area contributed by atoms with Crippen LogP contribution in [0.25, 0.3) is 0 Å². The lowest BCUT2D eigenvalue weighted by Gasteiger charge is -2.24. The molecule has 5 heteroatoms. The zero-order valence-corrected chi connectivity index (χ0v) is 11.9. The lowest BCUT2D eigenvalue weighted by molar-refractivity contribution is 0.161. The third-order valence-corrected chi connectivity index (χ3v) is 3.33. The summed E-state index contributed by atoms with van der Waals surface area (Å²) in [6.45, 7) is 2.08. The molecule has 0 radical (unpaired) electrons. The lowest BCUT2D eigenvalue weighted by atomic mass is 10.1. The number of halogens is 3. The highest BCUT2D eigenvalue weighted by molar-refractivity contribution is 9.10. The van der Waals surface area contributed by atoms with Crippen molar-refractivity contribution in [1.29, 1.82) is 0 Å². The summed E-state index contributed by atoms with van der Waals surface area (Å²) in [5, 5.41) is 4.03. The van der Waals surface area contributed by atoms with Crippen molar-refractivity contribution in [2.24, 2.45) is 0 Å². The molecule has 0 spiro atoms. The summed E-state index contributed by atoms with van der Waals surface area (Å²) in [6.07, 6.45) is 2.45. The zero-order valence-electron chi connectivity index (χ0n) is 8.71. The van der Waals surface area contributed by atoms with Crippen molar-refractivity contribution >= 4 is 39.9 Å². The van der Waals surface area contributed by atoms with E-state index in [0.29, 0.717) is 6.10 Å². The van der Waals surface area contributed by atoms with Crippen LogP contribution in [0.5, 0.6) is 5.75 Å². The predicted molar refractivity (Wildman–Crippen MR) is 72.9 cm³/mol. The van der Waals surface area contributed by atoms with E-state index in [1.54, 1.807) is 0 Å². The second kappa shape index (κ2) is 6.70. The van der Waals surface area contributed by atoms with Crippen molar-refractivity contribution in [1.82, 2.24) is 5.32 Å². The van der Waals surface area contributed by atoms with Gasteiger partial charge in [0.1, 0.15) is 11.9 Å². The summed E-state index contributed by atoms with van der Waals surface area (Å²) in [6, 6.07) is 5.62. The zero-order chi connectivity index (χ0) is 10.7. The van der Waals surface area contributed by atoms with Crippen LogP contribution in [0, 0.1) is 0 Å². The molecule has 0 unspecified atom stereocenters. The molecule has 0 bridgehead atoms. The predicted octanol–water partition coefficient (Wildman–Crippen LogP) is 3.66. The van der Waals surface area contributed by atoms with E-state index >= 15 is 0 Å². The topological polar surface area (TPSA) is 21.3 Å². The largest absolute Gasteiger partial charge is 0.489 e. The van der Waals surface area contributed by atoms with Crippen molar-refractivity contribution in [3.63, 3.8) is 0 Å². The first-order valence-electron chi connectivity index (χ1n) is 5.08. The lowest BCUT2D eigenvalue weighted by Crippen LogP contribution is -2.34. The van der Waals surface area contributed by atoms with E-state index in [1.807, 2.05) is 18.2 Å². The molecule has 0 saturated carbocycles. The molecule has 2 rings (SSSR count). The smallest absolute Gasteiger partial charge is 0.133 e. The van der Waals surface area contributed by atoms with Gasteiger partial charge in [-0.2, -0.15) is 0 Å². The molecule has 1 N–H and O–H groups in total. The van der Waals surface area contributed by atoms with Gasteiger partial charge in [-0.1, -0.05) is 11.6 Å². The Hall–Kier alpha value is 0.0400. The normalized spacial score (nSPS) is 16.6. The van der Waals surface area contributed by atoms with E-state index in [2.05, 4.69) is 21.2 Å². The van der Waals surface area contributed by atoms with Crippen LogP contribution in [0.15, 0.2) is 22.7 Å². The summed E-state index contributed by atoms with van der Waals surface area (Å²) >= 11 is 9.31. The summed E-state index contributed by atoms with van der Waals surface area (Å²) < 4.78 is 6.82. The van der Waals surface area contributed by atoms with Crippen LogP contribution in [0.1, 0.15) is 12.8 Å². The van der Waals surface area contributed by atoms with Crippen molar-refractivity contribution in [2.75, 3.05) is 13.1 Å². The molecule has 1 heterocycles. The van der Waals surface area contributed by atoms with Crippen LogP contribution in [-0.4, -0.2) is 19.2 Å². The Labute approximate surface area is 115 Å². The second-order valence-electron chi connectivity index (χ2n) is 3.64. The molecule has 1 aromatic rings. The minimum atomic E-state index is 0. The number of benzene rings is 1. The van der Waals surface area contributed by atoms with E-state index in [0.717, 1.165) is 41.2 Å². The van der Waals surface area contributed by atoms with E-state index in [9.17, 15) is 0 Å². The van der Waals surface area contributed by atoms with Crippen molar-refractivity contribution in [2.45, 2.75) is 18.9 Å². The van der Waals surface area contributed by atoms with Crippen LogP contribution >= 0.6 is 39.9 Å². The first-order chi connectivity index (χ1) is 7.25. The fourth-order valence-corrected chi connectivity index (χ4v) is 2.44. The van der Waals surface area contributed by atoms with Gasteiger partial charge in [0, 0.05) is 5.02 Å². The van der Waals surface area contributed by atoms with Crippen LogP contribution in [0.2, 0.25) is 5.02 Å². The monoisotopic (exact) mass is 325 g/mol. The quantitative estimate of drug-likeness (QED) is 0.895. The maximum absolute atomic E-state index is 5.90. The SMILES string of the molecule is Cl.Clc1ccc(OC2CCNCC2)c(Br)c1. The van der Waals surface area contributed by atoms with Gasteiger partial charge < -0.3 is 10.1 Å². The van der Waals surface area contributed by atoms with E-state index < -0.39 is 0 Å². The van der Waals surface area contributed by atoms with Crippen LogP contribution in [-0.2, 0) is 0 Å². The molecule has 16 heavy (non-hydrogen) atoms. The highest BCUT2D eigenvalue weighted by atomic mass is 79.9. The fraction of sp³-hybridized carbons (Fsp3) is 0.455. The van der Waals surface area contributed by atoms with E-state index in [1.165, 1.54) is 0 Å². The highest BCUT2D eigenvalue weighted by Gasteiger charge is 2.15. The number of ether oxygens (including phenoxy) is 1. The van der Waals surface area contributed by atoms with Gasteiger partial charge in [0.25, 0.3) is 0 Å². The molecule has 1 fully saturated rings. The molecule has 0 atom stereocenters. The first kappa shape index (κ1) is 14.1. The minimum absolute atomic E-state index is 0. The number of nitrogens with one attached hydrogen (secondary N) is 1. The fourth-order valence-electron chi connectivity index (χ4n) is 1.66. The molecule has 1 aromatic carbocycles. The molecule has 90 valence electrons. The standard InChI is InChI=1S/C11H13BrClNO.ClH/c12-10-7-8(13)1-2-11(10)15-9-3-5-14-6-4-9;/h1-2,7,9,14H,3-6H2;1H. The van der Waals surface area contributed by atoms with Crippen molar-refractivity contribution in [3.05, 3.63) is 27.7 Å². The average Bonchev–Trinajstić information content (AvgIpc) is 2.24. The molecule has 1 aliphatic heterocycles. The maximum Gasteiger partial charge on any atom is 0.133 e. The Morgan fingerprint density at radius 3 is 2.62 bits per heavy atom. The highest BCUT2D eigenvalue weighted by Crippen LogP contribution is 2.29. The van der Waals surface area contributed by atoms with Crippen LogP contribution in [0.4, 0.5) is 0 Å². The molecule has 0 amide bonds. The number of hydrogen-bond donors (Lipinski definition) is 1. The van der Waals surface area contributed by atoms with Gasteiger partial charge in [-0.05, 0) is 60.1 Å². The van der Waals surface area contributed by atoms with Gasteiger partial charge in [-0.3, -0.25) is 0 Å². The van der Waals surface area contributed by atoms with Gasteiger partial charge in [0.05, 0.1) is 4.47 Å². The molecule has 1 saturated heterocycles. The summed E-state index contributed by atoms with van der Waals surface area (Å²) in [7, 11) is 0. The Morgan fingerprint density at radius 2 is 2.00 bits per heavy atom. The second-order valence-corrected chi connectivity index (χ2v) is 4.93. The third kappa shape index (κ3) is 3.81. The maximum atomic E-state index is 5.90. The van der Waals surface area contributed by atoms with Gasteiger partial charge >= 0.3 is 0 Å². The Morgan fingerprint density at radius 1 is 1.31 bits per heavy atom. The minimum Gasteiger partial charge on any atom is -0.489 e. The Kier molecular flexibility index (Phi) is 5.90.